The first-order valence-corrected chi connectivity index (χ1v) is 10.9. The Kier molecular flexibility index (Phi) is 6.62. The average molecular weight is 457 g/mol. The quantitative estimate of drug-likeness (QED) is 0.514. The number of amides is 2. The lowest BCUT2D eigenvalue weighted by molar-refractivity contribution is -0.134. The van der Waals surface area contributed by atoms with E-state index in [4.69, 9.17) is 15.2 Å². The van der Waals surface area contributed by atoms with Gasteiger partial charge in [0.2, 0.25) is 11.7 Å². The monoisotopic (exact) mass is 457 g/mol. The van der Waals surface area contributed by atoms with Gasteiger partial charge in [0.15, 0.2) is 17.7 Å². The number of nitrogens with one attached hydrogen (secondary N) is 1. The Bertz CT molecular complexity index is 1100. The molecule has 1 saturated carbocycles. The third kappa shape index (κ3) is 4.99. The van der Waals surface area contributed by atoms with Crippen LogP contribution in [-0.4, -0.2) is 80.0 Å². The first kappa shape index (κ1) is 22.8. The van der Waals surface area contributed by atoms with E-state index in [2.05, 4.69) is 32.1 Å². The second-order valence-corrected chi connectivity index (χ2v) is 8.05. The Balaban J connectivity index is 1.54. The summed E-state index contributed by atoms with van der Waals surface area (Å²) in [5.41, 5.74) is 6.71. The molecule has 2 aromatic heterocycles. The van der Waals surface area contributed by atoms with Gasteiger partial charge in [-0.25, -0.2) is 19.7 Å². The van der Waals surface area contributed by atoms with Gasteiger partial charge in [0.25, 0.3) is 0 Å². The molecule has 1 aliphatic heterocycles. The third-order valence-electron chi connectivity index (χ3n) is 5.42. The molecule has 2 amide bonds. The summed E-state index contributed by atoms with van der Waals surface area (Å²) in [5.74, 6) is 5.70. The van der Waals surface area contributed by atoms with E-state index in [1.165, 1.54) is 22.9 Å². The summed E-state index contributed by atoms with van der Waals surface area (Å²) in [7, 11) is 1.32. The van der Waals surface area contributed by atoms with Gasteiger partial charge in [-0.05, 0) is 25.2 Å². The molecule has 4 N–H and O–H groups in total. The molecule has 1 aliphatic carbocycles. The van der Waals surface area contributed by atoms with Crippen LogP contribution in [0.25, 0.3) is 11.2 Å². The number of nitrogens with two attached hydrogens (primary N) is 1. The van der Waals surface area contributed by atoms with E-state index in [-0.39, 0.29) is 36.6 Å². The fourth-order valence-electron chi connectivity index (χ4n) is 3.62. The Hall–Kier alpha value is -3.43. The molecule has 0 bridgehead atoms. The van der Waals surface area contributed by atoms with Crippen LogP contribution in [0.5, 0.6) is 0 Å². The van der Waals surface area contributed by atoms with E-state index < -0.39 is 24.5 Å². The Morgan fingerprint density at radius 3 is 2.91 bits per heavy atom. The van der Waals surface area contributed by atoms with Crippen molar-refractivity contribution in [3.05, 3.63) is 12.2 Å². The van der Waals surface area contributed by atoms with E-state index in [0.717, 1.165) is 19.3 Å². The number of hydrogen-bond donors (Lipinski definition) is 3. The van der Waals surface area contributed by atoms with Crippen LogP contribution in [0, 0.1) is 11.8 Å². The summed E-state index contributed by atoms with van der Waals surface area (Å²) in [6.07, 6.45) is 1.30. The smallest absolute Gasteiger partial charge is 0.410 e. The number of imidazole rings is 1. The predicted molar refractivity (Wildman–Crippen MR) is 117 cm³/mol. The summed E-state index contributed by atoms with van der Waals surface area (Å²) in [4.78, 5) is 38.4. The van der Waals surface area contributed by atoms with Crippen molar-refractivity contribution in [2.24, 2.45) is 0 Å². The normalized spacial score (nSPS) is 22.0. The van der Waals surface area contributed by atoms with Gasteiger partial charge >= 0.3 is 6.09 Å². The SMILES string of the molecule is CCCN(CC#Cc1nc(N)c2ncn([C@@H]3O[C@H](C(=O)NC4CC4)CC3O)c2n1)C(=O)OC. The third-order valence-corrected chi connectivity index (χ3v) is 5.42. The van der Waals surface area contributed by atoms with Crippen LogP contribution in [-0.2, 0) is 14.3 Å². The van der Waals surface area contributed by atoms with Gasteiger partial charge < -0.3 is 25.6 Å². The molecular weight excluding hydrogens is 430 g/mol. The number of anilines is 1. The van der Waals surface area contributed by atoms with E-state index >= 15 is 0 Å². The predicted octanol–water partition coefficient (Wildman–Crippen LogP) is 0.165. The number of nitrogens with zero attached hydrogens (tertiary/aromatic N) is 5. The Labute approximate surface area is 190 Å². The lowest BCUT2D eigenvalue weighted by Crippen LogP contribution is -2.35. The molecule has 2 aromatic rings. The van der Waals surface area contributed by atoms with Gasteiger partial charge in [-0.15, -0.1) is 0 Å². The summed E-state index contributed by atoms with van der Waals surface area (Å²) in [6.45, 7) is 2.59. The first-order valence-electron chi connectivity index (χ1n) is 10.9. The molecule has 12 heteroatoms. The minimum absolute atomic E-state index is 0.122. The van der Waals surface area contributed by atoms with Crippen LogP contribution in [0.4, 0.5) is 10.6 Å². The molecule has 12 nitrogen and oxygen atoms in total. The van der Waals surface area contributed by atoms with Gasteiger partial charge in [-0.2, -0.15) is 0 Å². The van der Waals surface area contributed by atoms with Crippen molar-refractivity contribution in [1.82, 2.24) is 29.7 Å². The fourth-order valence-corrected chi connectivity index (χ4v) is 3.62. The summed E-state index contributed by atoms with van der Waals surface area (Å²) in [5, 5.41) is 13.4. The molecule has 2 aliphatic rings. The van der Waals surface area contributed by atoms with Crippen molar-refractivity contribution in [2.75, 3.05) is 25.9 Å². The molecule has 176 valence electrons. The van der Waals surface area contributed by atoms with Crippen molar-refractivity contribution < 1.29 is 24.2 Å². The van der Waals surface area contributed by atoms with E-state index in [1.807, 2.05) is 6.92 Å². The first-order chi connectivity index (χ1) is 15.9. The molecule has 0 aromatic carbocycles. The Morgan fingerprint density at radius 2 is 2.21 bits per heavy atom. The molecule has 0 spiro atoms. The number of aliphatic hydroxyl groups is 1. The molecular formula is C21H27N7O5. The number of rotatable bonds is 6. The van der Waals surface area contributed by atoms with Crippen LogP contribution < -0.4 is 11.1 Å². The molecule has 4 rings (SSSR count). The molecule has 33 heavy (non-hydrogen) atoms. The summed E-state index contributed by atoms with van der Waals surface area (Å²) >= 11 is 0. The summed E-state index contributed by atoms with van der Waals surface area (Å²) < 4.78 is 12.1. The molecule has 3 atom stereocenters. The Morgan fingerprint density at radius 1 is 1.42 bits per heavy atom. The number of hydrogen-bond acceptors (Lipinski definition) is 9. The van der Waals surface area contributed by atoms with Crippen LogP contribution >= 0.6 is 0 Å². The molecule has 0 radical (unpaired) electrons. The van der Waals surface area contributed by atoms with Gasteiger partial charge in [-0.3, -0.25) is 14.3 Å². The topological polar surface area (TPSA) is 158 Å². The van der Waals surface area contributed by atoms with E-state index in [1.54, 1.807) is 0 Å². The largest absolute Gasteiger partial charge is 0.453 e. The minimum atomic E-state index is -0.925. The van der Waals surface area contributed by atoms with E-state index in [9.17, 15) is 14.7 Å². The molecule has 1 unspecified atom stereocenters. The van der Waals surface area contributed by atoms with Crippen LogP contribution in [0.3, 0.4) is 0 Å². The highest BCUT2D eigenvalue weighted by atomic mass is 16.5. The number of carbonyl (C=O) groups excluding carboxylic acids is 2. The number of fused-ring (bicyclic) bond motifs is 1. The van der Waals surface area contributed by atoms with Gasteiger partial charge in [0, 0.05) is 19.0 Å². The maximum absolute atomic E-state index is 12.3. The molecule has 3 heterocycles. The standard InChI is InChI=1S/C21H27N7O5/c1-3-8-27(21(31)32-2)9-4-5-15-25-17(22)16-18(26-15)28(11-23-16)20-13(29)10-14(33-20)19(30)24-12-6-7-12/h11-14,20,29H,3,6-10H2,1-2H3,(H,24,30)(H2,22,25,26)/t13?,14-,20+/m0/s1. The number of nitrogen functional groups attached to an aromatic ring is 1. The molecule has 2 fully saturated rings. The van der Waals surface area contributed by atoms with Crippen molar-refractivity contribution in [2.45, 2.75) is 57.1 Å². The zero-order valence-corrected chi connectivity index (χ0v) is 18.5. The van der Waals surface area contributed by atoms with Crippen LogP contribution in [0.1, 0.15) is 44.7 Å². The second-order valence-electron chi connectivity index (χ2n) is 8.05. The van der Waals surface area contributed by atoms with Crippen LogP contribution in [0.15, 0.2) is 6.33 Å². The van der Waals surface area contributed by atoms with Crippen molar-refractivity contribution in [3.63, 3.8) is 0 Å². The van der Waals surface area contributed by atoms with Gasteiger partial charge in [0.05, 0.1) is 20.0 Å². The highest BCUT2D eigenvalue weighted by Gasteiger charge is 2.41. The highest BCUT2D eigenvalue weighted by Crippen LogP contribution is 2.32. The van der Waals surface area contributed by atoms with Crippen molar-refractivity contribution >= 4 is 29.0 Å². The maximum atomic E-state index is 12.3. The summed E-state index contributed by atoms with van der Waals surface area (Å²) in [6, 6.07) is 0.201. The lowest BCUT2D eigenvalue weighted by atomic mass is 10.2. The number of aromatic nitrogens is 4. The van der Waals surface area contributed by atoms with Crippen LogP contribution in [0.2, 0.25) is 0 Å². The average Bonchev–Trinajstić information content (AvgIpc) is 3.37. The maximum Gasteiger partial charge on any atom is 0.410 e. The minimum Gasteiger partial charge on any atom is -0.453 e. The van der Waals surface area contributed by atoms with Crippen molar-refractivity contribution in [1.29, 1.82) is 0 Å². The number of aliphatic hydroxyl groups excluding tert-OH is 1. The van der Waals surface area contributed by atoms with E-state index in [0.29, 0.717) is 17.7 Å². The van der Waals surface area contributed by atoms with Crippen molar-refractivity contribution in [3.8, 4) is 11.8 Å². The zero-order chi connectivity index (χ0) is 23.5. The molecule has 1 saturated heterocycles. The zero-order valence-electron chi connectivity index (χ0n) is 18.5. The van der Waals surface area contributed by atoms with Gasteiger partial charge in [-0.1, -0.05) is 12.8 Å². The highest BCUT2D eigenvalue weighted by molar-refractivity contribution is 5.83. The number of carbonyl (C=O) groups is 2. The number of ether oxygens (including phenoxy) is 2. The number of methoxy groups -OCH3 is 1. The second kappa shape index (κ2) is 9.60. The lowest BCUT2D eigenvalue weighted by Gasteiger charge is -2.17. The fraction of sp³-hybridized carbons (Fsp3) is 0.571. The van der Waals surface area contributed by atoms with Gasteiger partial charge in [0.1, 0.15) is 17.7 Å².